The van der Waals surface area contributed by atoms with Crippen LogP contribution in [0.15, 0.2) is 52.6 Å². The minimum Gasteiger partial charge on any atom is -0.461 e. The van der Waals surface area contributed by atoms with E-state index in [1.54, 1.807) is 31.3 Å². The van der Waals surface area contributed by atoms with Gasteiger partial charge in [0.25, 0.3) is 0 Å². The van der Waals surface area contributed by atoms with Crippen LogP contribution in [0.2, 0.25) is 10.0 Å². The monoisotopic (exact) mass is 394 g/mol. The molecule has 0 aliphatic carbocycles. The van der Waals surface area contributed by atoms with Crippen LogP contribution in [0.4, 0.5) is 0 Å². The molecule has 3 rings (SSSR count). The zero-order valence-electron chi connectivity index (χ0n) is 13.0. The van der Waals surface area contributed by atoms with Crippen LogP contribution >= 0.6 is 35.0 Å². The molecule has 0 bridgehead atoms. The smallest absolute Gasteiger partial charge is 0.361 e. The second kappa shape index (κ2) is 7.86. The zero-order chi connectivity index (χ0) is 17.8. The Morgan fingerprint density at radius 3 is 2.64 bits per heavy atom. The van der Waals surface area contributed by atoms with Crippen LogP contribution in [0.5, 0.6) is 0 Å². The molecule has 0 saturated heterocycles. The number of ether oxygens (including phenoxy) is 1. The van der Waals surface area contributed by atoms with Crippen molar-refractivity contribution in [1.29, 1.82) is 0 Å². The van der Waals surface area contributed by atoms with Gasteiger partial charge in [-0.05, 0) is 49.0 Å². The van der Waals surface area contributed by atoms with Gasteiger partial charge in [-0.2, -0.15) is 0 Å². The second-order valence-corrected chi connectivity index (χ2v) is 6.66. The molecule has 3 aromatic rings. The third kappa shape index (κ3) is 4.12. The lowest BCUT2D eigenvalue weighted by molar-refractivity contribution is 0.0515. The Bertz CT molecular complexity index is 882. The Labute approximate surface area is 158 Å². The molecule has 0 unspecified atom stereocenters. The Hall–Kier alpha value is -2.09. The van der Waals surface area contributed by atoms with E-state index in [0.717, 1.165) is 0 Å². The first-order valence-corrected chi connectivity index (χ1v) is 8.84. The van der Waals surface area contributed by atoms with Crippen molar-refractivity contribution in [1.82, 2.24) is 20.0 Å². The number of halogens is 2. The maximum Gasteiger partial charge on any atom is 0.361 e. The summed E-state index contributed by atoms with van der Waals surface area (Å²) < 4.78 is 6.55. The van der Waals surface area contributed by atoms with E-state index in [0.29, 0.717) is 25.8 Å². The first kappa shape index (κ1) is 17.7. The van der Waals surface area contributed by atoms with Crippen molar-refractivity contribution in [3.8, 4) is 5.69 Å². The van der Waals surface area contributed by atoms with Crippen LogP contribution in [0.1, 0.15) is 17.4 Å². The molecule has 0 saturated carbocycles. The van der Waals surface area contributed by atoms with E-state index in [4.69, 9.17) is 27.9 Å². The lowest BCUT2D eigenvalue weighted by Crippen LogP contribution is -2.07. The van der Waals surface area contributed by atoms with Crippen LogP contribution in [0.25, 0.3) is 5.69 Å². The van der Waals surface area contributed by atoms with E-state index >= 15 is 0 Å². The number of carbonyl (C=O) groups excluding carboxylic acids is 1. The summed E-state index contributed by atoms with van der Waals surface area (Å²) in [5, 5.41) is 10.1. The van der Waals surface area contributed by atoms with E-state index in [9.17, 15) is 4.79 Å². The average molecular weight is 395 g/mol. The van der Waals surface area contributed by atoms with Crippen molar-refractivity contribution in [2.24, 2.45) is 0 Å². The van der Waals surface area contributed by atoms with Gasteiger partial charge >= 0.3 is 5.97 Å². The fraction of sp³-hybridized carbons (Fsp3) is 0.125. The number of aromatic nitrogens is 4. The Balaban J connectivity index is 2.10. The fourth-order valence-corrected chi connectivity index (χ4v) is 3.45. The highest BCUT2D eigenvalue weighted by Gasteiger charge is 2.23. The average Bonchev–Trinajstić information content (AvgIpc) is 2.99. The van der Waals surface area contributed by atoms with Crippen molar-refractivity contribution in [2.75, 3.05) is 6.61 Å². The Kier molecular flexibility index (Phi) is 5.57. The molecule has 1 aromatic carbocycles. The van der Waals surface area contributed by atoms with Crippen LogP contribution in [0.3, 0.4) is 0 Å². The van der Waals surface area contributed by atoms with Crippen molar-refractivity contribution in [3.05, 3.63) is 58.3 Å². The quantitative estimate of drug-likeness (QED) is 0.600. The molecule has 0 fully saturated rings. The third-order valence-corrected chi connectivity index (χ3v) is 4.48. The maximum absolute atomic E-state index is 12.2. The minimum atomic E-state index is -0.555. The van der Waals surface area contributed by atoms with Gasteiger partial charge in [0.2, 0.25) is 5.69 Å². The summed E-state index contributed by atoms with van der Waals surface area (Å²) in [5.41, 5.74) is 0.688. The van der Waals surface area contributed by atoms with Gasteiger partial charge in [-0.15, -0.1) is 5.10 Å². The number of carbonyl (C=O) groups is 1. The minimum absolute atomic E-state index is 0.105. The normalized spacial score (nSPS) is 10.7. The summed E-state index contributed by atoms with van der Waals surface area (Å²) in [7, 11) is 0. The maximum atomic E-state index is 12.2. The summed E-state index contributed by atoms with van der Waals surface area (Å²) in [6.45, 7) is 1.97. The summed E-state index contributed by atoms with van der Waals surface area (Å²) >= 11 is 13.4. The van der Waals surface area contributed by atoms with Gasteiger partial charge < -0.3 is 4.74 Å². The number of rotatable bonds is 5. The number of benzene rings is 1. The SMILES string of the molecule is CCOC(=O)c1nnn(-c2cc(Cl)cc(Cl)c2)c1Sc1ccccn1. The molecule has 0 radical (unpaired) electrons. The predicted molar refractivity (Wildman–Crippen MR) is 95.7 cm³/mol. The van der Waals surface area contributed by atoms with Crippen LogP contribution in [-0.2, 0) is 4.74 Å². The summed E-state index contributed by atoms with van der Waals surface area (Å²) in [6.07, 6.45) is 1.66. The van der Waals surface area contributed by atoms with Gasteiger partial charge in [-0.1, -0.05) is 34.5 Å². The number of hydrogen-bond acceptors (Lipinski definition) is 6. The van der Waals surface area contributed by atoms with E-state index in [2.05, 4.69) is 15.3 Å². The highest BCUT2D eigenvalue weighted by Crippen LogP contribution is 2.32. The van der Waals surface area contributed by atoms with E-state index in [1.807, 2.05) is 18.2 Å². The first-order chi connectivity index (χ1) is 12.1. The van der Waals surface area contributed by atoms with Crippen molar-refractivity contribution in [2.45, 2.75) is 17.0 Å². The number of pyridine rings is 1. The van der Waals surface area contributed by atoms with Crippen LogP contribution in [0, 0.1) is 0 Å². The topological polar surface area (TPSA) is 69.9 Å². The van der Waals surface area contributed by atoms with Crippen molar-refractivity contribution in [3.63, 3.8) is 0 Å². The molecule has 0 atom stereocenters. The molecular formula is C16H12Cl2N4O2S. The van der Waals surface area contributed by atoms with Gasteiger partial charge in [-0.25, -0.2) is 14.5 Å². The van der Waals surface area contributed by atoms with E-state index in [-0.39, 0.29) is 12.3 Å². The number of hydrogen-bond donors (Lipinski definition) is 0. The predicted octanol–water partition coefficient (Wildman–Crippen LogP) is 4.30. The molecule has 0 aliphatic rings. The number of nitrogens with zero attached hydrogens (tertiary/aromatic N) is 4. The molecule has 2 heterocycles. The summed E-state index contributed by atoms with van der Waals surface area (Å²) in [6, 6.07) is 10.5. The standard InChI is InChI=1S/C16H12Cl2N4O2S/c1-2-24-16(23)14-15(25-13-5-3-4-6-19-13)22(21-20-14)12-8-10(17)7-11(18)9-12/h3-9H,2H2,1H3. The highest BCUT2D eigenvalue weighted by atomic mass is 35.5. The molecule has 2 aromatic heterocycles. The van der Waals surface area contributed by atoms with Gasteiger partial charge in [0.1, 0.15) is 10.1 Å². The molecule has 0 amide bonds. The summed E-state index contributed by atoms with van der Waals surface area (Å²) in [4.78, 5) is 16.5. The summed E-state index contributed by atoms with van der Waals surface area (Å²) in [5.74, 6) is -0.555. The lowest BCUT2D eigenvalue weighted by Gasteiger charge is -2.08. The highest BCUT2D eigenvalue weighted by molar-refractivity contribution is 7.99. The zero-order valence-corrected chi connectivity index (χ0v) is 15.3. The van der Waals surface area contributed by atoms with Gasteiger partial charge in [0.05, 0.1) is 12.3 Å². The van der Waals surface area contributed by atoms with Crippen molar-refractivity contribution < 1.29 is 9.53 Å². The number of esters is 1. The molecule has 0 N–H and O–H groups in total. The van der Waals surface area contributed by atoms with Crippen molar-refractivity contribution >= 4 is 40.9 Å². The molecule has 6 nitrogen and oxygen atoms in total. The second-order valence-electron chi connectivity index (χ2n) is 4.77. The van der Waals surface area contributed by atoms with Crippen LogP contribution < -0.4 is 0 Å². The van der Waals surface area contributed by atoms with E-state index < -0.39 is 5.97 Å². The first-order valence-electron chi connectivity index (χ1n) is 7.26. The fourth-order valence-electron chi connectivity index (χ4n) is 2.03. The molecule has 0 spiro atoms. The van der Waals surface area contributed by atoms with E-state index in [1.165, 1.54) is 16.4 Å². The van der Waals surface area contributed by atoms with Gasteiger partial charge in [-0.3, -0.25) is 0 Å². The molecule has 9 heteroatoms. The molecule has 25 heavy (non-hydrogen) atoms. The molecule has 128 valence electrons. The molecular weight excluding hydrogens is 383 g/mol. The third-order valence-electron chi connectivity index (χ3n) is 3.03. The Morgan fingerprint density at radius 2 is 2.00 bits per heavy atom. The Morgan fingerprint density at radius 1 is 1.24 bits per heavy atom. The van der Waals surface area contributed by atoms with Gasteiger partial charge in [0, 0.05) is 16.2 Å². The largest absolute Gasteiger partial charge is 0.461 e. The molecule has 0 aliphatic heterocycles. The van der Waals surface area contributed by atoms with Gasteiger partial charge in [0.15, 0.2) is 0 Å². The van der Waals surface area contributed by atoms with Crippen LogP contribution in [-0.4, -0.2) is 32.6 Å². The lowest BCUT2D eigenvalue weighted by atomic mass is 10.3.